The number of rotatable bonds is 6. The van der Waals surface area contributed by atoms with Crippen LogP contribution in [0.15, 0.2) is 35.4 Å². The van der Waals surface area contributed by atoms with Crippen molar-refractivity contribution >= 4 is 35.0 Å². The summed E-state index contributed by atoms with van der Waals surface area (Å²) < 4.78 is 35.1. The third-order valence-electron chi connectivity index (χ3n) is 7.64. The quantitative estimate of drug-likeness (QED) is 0.393. The molecule has 2 saturated carbocycles. The lowest BCUT2D eigenvalue weighted by atomic mass is 9.88. The molecule has 2 amide bonds. The Morgan fingerprint density at radius 3 is 2.60 bits per heavy atom. The van der Waals surface area contributed by atoms with Crippen molar-refractivity contribution in [2.24, 2.45) is 0 Å². The van der Waals surface area contributed by atoms with E-state index in [-0.39, 0.29) is 28.5 Å². The summed E-state index contributed by atoms with van der Waals surface area (Å²) >= 11 is 0. The van der Waals surface area contributed by atoms with E-state index in [0.717, 1.165) is 6.42 Å². The van der Waals surface area contributed by atoms with Crippen LogP contribution in [0.25, 0.3) is 5.65 Å². The van der Waals surface area contributed by atoms with Gasteiger partial charge in [-0.05, 0) is 59.1 Å². The zero-order chi connectivity index (χ0) is 30.6. The highest BCUT2D eigenvalue weighted by Gasteiger charge is 2.46. The molecule has 226 valence electrons. The monoisotopic (exact) mass is 587 g/mol. The summed E-state index contributed by atoms with van der Waals surface area (Å²) in [6.45, 7) is 6.84. The maximum Gasteiger partial charge on any atom is 0.415 e. The number of hydrogen-bond donors (Lipinski definition) is 3. The van der Waals surface area contributed by atoms with Gasteiger partial charge in [0.15, 0.2) is 5.65 Å². The Bertz CT molecular complexity index is 1590. The van der Waals surface area contributed by atoms with Crippen LogP contribution in [0.1, 0.15) is 76.2 Å². The molecule has 2 fully saturated rings. The first-order valence-corrected chi connectivity index (χ1v) is 13.8. The number of ether oxygens (including phenoxy) is 1. The van der Waals surface area contributed by atoms with Crippen LogP contribution < -0.4 is 21.1 Å². The highest BCUT2D eigenvalue weighted by atomic mass is 19.3. The molecule has 0 unspecified atom stereocenters. The first-order valence-electron chi connectivity index (χ1n) is 13.8. The number of amides is 2. The molecule has 3 N–H and O–H groups in total. The Morgan fingerprint density at radius 1 is 1.26 bits per heavy atom. The lowest BCUT2D eigenvalue weighted by Gasteiger charge is -2.36. The Hall–Kier alpha value is -4.07. The van der Waals surface area contributed by atoms with E-state index < -0.39 is 59.6 Å². The normalized spacial score (nSPS) is 22.0. The second-order valence-electron chi connectivity index (χ2n) is 12.3. The Morgan fingerprint density at radius 2 is 1.98 bits per heavy atom. The van der Waals surface area contributed by atoms with Gasteiger partial charge in [0.2, 0.25) is 0 Å². The van der Waals surface area contributed by atoms with E-state index in [1.807, 2.05) is 0 Å². The van der Waals surface area contributed by atoms with E-state index in [2.05, 4.69) is 20.7 Å². The van der Waals surface area contributed by atoms with Crippen molar-refractivity contribution in [1.82, 2.24) is 24.5 Å². The smallest absolute Gasteiger partial charge is 0.415 e. The third-order valence-corrected chi connectivity index (χ3v) is 7.64. The molecule has 0 saturated heterocycles. The number of fused-ring (bicyclic) bond motifs is 1. The standard InChI is InChI=1S/C28H35F2N7O5/c1-26(2,3)42-25(40)35(5)21-12-20(32-18-8-7-11-36(24(18)39)16-13-28(29,30)14-16)34-22-17(15-31-37(21)22)23(38)33-19-9-6-10-27(19,4)41/h7-8,11-12,15-16,19,41H,6,9-10,13-14H2,1-5H3,(H,32,34)(H,33,38)/t19-,27-/m1/s1. The van der Waals surface area contributed by atoms with Gasteiger partial charge in [0.25, 0.3) is 17.4 Å². The Balaban J connectivity index is 1.53. The van der Waals surface area contributed by atoms with Crippen molar-refractivity contribution < 1.29 is 28.2 Å². The fourth-order valence-corrected chi connectivity index (χ4v) is 5.30. The molecule has 3 aromatic heterocycles. The van der Waals surface area contributed by atoms with Crippen LogP contribution >= 0.6 is 0 Å². The van der Waals surface area contributed by atoms with Gasteiger partial charge in [0.1, 0.15) is 28.5 Å². The number of carbonyl (C=O) groups is 2. The molecule has 42 heavy (non-hydrogen) atoms. The lowest BCUT2D eigenvalue weighted by Crippen LogP contribution is -2.47. The molecule has 0 aromatic carbocycles. The number of pyridine rings is 1. The van der Waals surface area contributed by atoms with Gasteiger partial charge in [0, 0.05) is 38.2 Å². The van der Waals surface area contributed by atoms with Gasteiger partial charge in [-0.25, -0.2) is 18.6 Å². The fraction of sp³-hybridized carbons (Fsp3) is 0.536. The summed E-state index contributed by atoms with van der Waals surface area (Å²) in [5.74, 6) is -3.03. The van der Waals surface area contributed by atoms with Crippen LogP contribution in [0, 0.1) is 0 Å². The minimum atomic E-state index is -2.80. The molecule has 2 aliphatic rings. The molecule has 5 rings (SSSR count). The van der Waals surface area contributed by atoms with Crippen LogP contribution in [0.2, 0.25) is 0 Å². The van der Waals surface area contributed by atoms with Gasteiger partial charge in [-0.3, -0.25) is 14.5 Å². The minimum absolute atomic E-state index is 0.0722. The van der Waals surface area contributed by atoms with E-state index in [4.69, 9.17) is 4.74 Å². The predicted octanol–water partition coefficient (Wildman–Crippen LogP) is 4.01. The molecule has 3 heterocycles. The number of alkyl halides is 2. The maximum atomic E-state index is 13.5. The molecular weight excluding hydrogens is 552 g/mol. The zero-order valence-corrected chi connectivity index (χ0v) is 24.1. The number of hydrogen-bond acceptors (Lipinski definition) is 8. The molecule has 0 radical (unpaired) electrons. The van der Waals surface area contributed by atoms with Crippen LogP contribution in [0.5, 0.6) is 0 Å². The summed E-state index contributed by atoms with van der Waals surface area (Å²) in [5, 5.41) is 20.7. The van der Waals surface area contributed by atoms with Crippen LogP contribution in [0.3, 0.4) is 0 Å². The summed E-state index contributed by atoms with van der Waals surface area (Å²) in [5.41, 5.74) is -2.13. The van der Waals surface area contributed by atoms with E-state index in [9.17, 15) is 28.3 Å². The highest BCUT2D eigenvalue weighted by molar-refractivity contribution is 6.00. The van der Waals surface area contributed by atoms with E-state index in [0.29, 0.717) is 12.8 Å². The largest absolute Gasteiger partial charge is 0.443 e. The van der Waals surface area contributed by atoms with E-state index in [1.54, 1.807) is 33.8 Å². The molecule has 2 atom stereocenters. The van der Waals surface area contributed by atoms with Gasteiger partial charge < -0.3 is 25.0 Å². The predicted molar refractivity (Wildman–Crippen MR) is 151 cm³/mol. The number of nitrogens with one attached hydrogen (secondary N) is 2. The lowest BCUT2D eigenvalue weighted by molar-refractivity contribution is -0.104. The van der Waals surface area contributed by atoms with Gasteiger partial charge in [-0.1, -0.05) is 0 Å². The number of aliphatic hydroxyl groups is 1. The van der Waals surface area contributed by atoms with Gasteiger partial charge in [-0.2, -0.15) is 9.61 Å². The molecule has 0 bridgehead atoms. The first kappa shape index (κ1) is 29.4. The van der Waals surface area contributed by atoms with Gasteiger partial charge in [0.05, 0.1) is 17.8 Å². The Kier molecular flexibility index (Phi) is 7.24. The molecular formula is C28H35F2N7O5. The van der Waals surface area contributed by atoms with Crippen molar-refractivity contribution in [3.63, 3.8) is 0 Å². The van der Waals surface area contributed by atoms with Crippen molar-refractivity contribution in [3.8, 4) is 0 Å². The van der Waals surface area contributed by atoms with Crippen LogP contribution in [-0.4, -0.2) is 66.5 Å². The van der Waals surface area contributed by atoms with Crippen molar-refractivity contribution in [1.29, 1.82) is 0 Å². The molecule has 0 aliphatic heterocycles. The van der Waals surface area contributed by atoms with E-state index >= 15 is 0 Å². The number of aromatic nitrogens is 4. The maximum absolute atomic E-state index is 13.5. The Labute approximate surface area is 240 Å². The summed E-state index contributed by atoms with van der Waals surface area (Å²) in [4.78, 5) is 45.2. The second kappa shape index (κ2) is 10.3. The second-order valence-corrected chi connectivity index (χ2v) is 12.3. The summed E-state index contributed by atoms with van der Waals surface area (Å²) in [6, 6.07) is 3.42. The molecule has 0 spiro atoms. The number of carbonyl (C=O) groups excluding carboxylic acids is 2. The zero-order valence-electron chi connectivity index (χ0n) is 24.1. The van der Waals surface area contributed by atoms with Crippen molar-refractivity contribution in [3.05, 3.63) is 46.5 Å². The molecule has 14 heteroatoms. The van der Waals surface area contributed by atoms with Gasteiger partial charge >= 0.3 is 6.09 Å². The summed E-state index contributed by atoms with van der Waals surface area (Å²) in [6.07, 6.45) is 3.15. The third kappa shape index (κ3) is 5.80. The number of anilines is 3. The highest BCUT2D eigenvalue weighted by Crippen LogP contribution is 2.44. The fourth-order valence-electron chi connectivity index (χ4n) is 5.30. The SMILES string of the molecule is CN(C(=O)OC(C)(C)C)c1cc(Nc2cccn(C3CC(F)(F)C3)c2=O)nc2c(C(=O)N[C@@H]3CCC[C@@]3(C)O)cnn12. The van der Waals surface area contributed by atoms with Crippen LogP contribution in [-0.2, 0) is 4.74 Å². The number of halogens is 2. The topological polar surface area (TPSA) is 143 Å². The number of nitrogens with zero attached hydrogens (tertiary/aromatic N) is 5. The van der Waals surface area contributed by atoms with Crippen LogP contribution in [0.4, 0.5) is 30.9 Å². The molecule has 2 aliphatic carbocycles. The average Bonchev–Trinajstić information content (AvgIpc) is 3.44. The van der Waals surface area contributed by atoms with Crippen molar-refractivity contribution in [2.75, 3.05) is 17.3 Å². The van der Waals surface area contributed by atoms with Crippen molar-refractivity contribution in [2.45, 2.75) is 89.0 Å². The molecule has 3 aromatic rings. The summed E-state index contributed by atoms with van der Waals surface area (Å²) in [7, 11) is 1.47. The van der Waals surface area contributed by atoms with E-state index in [1.165, 1.54) is 45.6 Å². The van der Waals surface area contributed by atoms with Gasteiger partial charge in [-0.15, -0.1) is 0 Å². The average molecular weight is 588 g/mol. The molecule has 12 nitrogen and oxygen atoms in total. The minimum Gasteiger partial charge on any atom is -0.443 e. The first-order chi connectivity index (χ1) is 19.5.